The molecule has 14 atom stereocenters. The maximum absolute atomic E-state index is 11.2. The molecule has 0 spiro atoms. The average Bonchev–Trinajstić information content (AvgIpc) is 3.31. The lowest BCUT2D eigenvalue weighted by Gasteiger charge is -2.50. The second kappa shape index (κ2) is 21.5. The molecule has 4 bridgehead atoms. The van der Waals surface area contributed by atoms with Crippen LogP contribution in [0.25, 0.3) is 21.8 Å². The molecule has 6 aliphatic heterocycles. The molecule has 1 saturated carbocycles. The number of carboxylic acid groups (broad SMARTS) is 1. The van der Waals surface area contributed by atoms with Crippen molar-refractivity contribution in [1.29, 1.82) is 0 Å². The number of piperidine rings is 6. The molecular weight excluding hydrogens is 877 g/mol. The maximum Gasteiger partial charge on any atom is 0.394 e. The van der Waals surface area contributed by atoms with E-state index < -0.39 is 65.3 Å². The van der Waals surface area contributed by atoms with Crippen LogP contribution >= 0.6 is 0 Å². The van der Waals surface area contributed by atoms with Crippen LogP contribution in [-0.2, 0) is 15.2 Å². The number of aliphatic carboxylic acids is 1. The van der Waals surface area contributed by atoms with Gasteiger partial charge in [-0.1, -0.05) is 12.2 Å². The SMILES string of the molecule is C=C[C@H]1CN2CC[C@H]1C[C@H]2[C@H](O)c1ccnc2ccc(OC)cc12.C=C[C@H]1CN2CC[C@H]1C[C@H]2[C@H](O)c1ccnc2ccc(OC)cc12.O=C(O)C1(O)CC(O)C(O)[C@H](O)C1.O=S(=O)(O)O. The molecule has 0 radical (unpaired) electrons. The minimum absolute atomic E-state index is 0.178. The molecule has 7 fully saturated rings. The fourth-order valence-corrected chi connectivity index (χ4v) is 10.3. The molecule has 5 unspecified atom stereocenters. The molecule has 0 amide bonds. The molecule has 4 aromatic rings. The Labute approximate surface area is 384 Å². The summed E-state index contributed by atoms with van der Waals surface area (Å²) in [6.45, 7) is 12.1. The number of methoxy groups -OCH3 is 2. The first-order valence-corrected chi connectivity index (χ1v) is 23.3. The van der Waals surface area contributed by atoms with Gasteiger partial charge in [0.15, 0.2) is 5.60 Å². The zero-order valence-corrected chi connectivity index (χ0v) is 37.8. The Hall–Kier alpha value is -4.64. The van der Waals surface area contributed by atoms with Crippen molar-refractivity contribution in [2.75, 3.05) is 40.4 Å². The van der Waals surface area contributed by atoms with Crippen molar-refractivity contribution >= 4 is 38.2 Å². The quantitative estimate of drug-likeness (QED) is 0.0859. The van der Waals surface area contributed by atoms with Crippen LogP contribution in [0.1, 0.15) is 61.9 Å². The van der Waals surface area contributed by atoms with E-state index in [1.807, 2.05) is 48.5 Å². The third kappa shape index (κ3) is 11.7. The van der Waals surface area contributed by atoms with E-state index in [1.165, 1.54) is 12.8 Å². The molecule has 360 valence electrons. The normalized spacial score (nSPS) is 31.9. The summed E-state index contributed by atoms with van der Waals surface area (Å²) in [6, 6.07) is 15.9. The number of benzene rings is 2. The Bertz CT molecular complexity index is 2290. The van der Waals surface area contributed by atoms with Crippen LogP contribution in [0.2, 0.25) is 0 Å². The standard InChI is InChI=1S/2C20H24N2O2.C7H12O6.H2O4S/c2*1-3-13-12-22-9-7-14(13)10-19(22)20(23)16-6-8-21-18-5-4-15(24-2)11-17(16)18;8-3-1-7(13,6(11)12)2-4(9)5(3)10;1-5(2,3)4/h2*3-6,8,11,13-14,19-20,23H,1,7,9-10,12H2,2H3;3-5,8-10,13H,1-2H2,(H,11,12);(H2,1,2,3,4)/t2*13-,14-,19-,20+;3-,4?,5?,7?;/m001./s1. The maximum atomic E-state index is 11.2. The monoisotopic (exact) mass is 938 g/mol. The molecule has 66 heavy (non-hydrogen) atoms. The van der Waals surface area contributed by atoms with Crippen LogP contribution in [0, 0.1) is 23.7 Å². The third-order valence-corrected chi connectivity index (χ3v) is 13.9. The number of carbonyl (C=O) groups is 1. The van der Waals surface area contributed by atoms with Crippen LogP contribution in [0.15, 0.2) is 86.2 Å². The minimum Gasteiger partial charge on any atom is -0.497 e. The fourth-order valence-electron chi connectivity index (χ4n) is 10.3. The molecule has 7 aliphatic rings. The number of hydrogen-bond donors (Lipinski definition) is 9. The smallest absolute Gasteiger partial charge is 0.394 e. The molecule has 1 aliphatic carbocycles. The Morgan fingerprint density at radius 3 is 1.47 bits per heavy atom. The lowest BCUT2D eigenvalue weighted by Crippen LogP contribution is -2.56. The summed E-state index contributed by atoms with van der Waals surface area (Å²) in [4.78, 5) is 24.2. The predicted molar refractivity (Wildman–Crippen MR) is 244 cm³/mol. The van der Waals surface area contributed by atoms with Crippen molar-refractivity contribution in [3.8, 4) is 11.5 Å². The van der Waals surface area contributed by atoms with Crippen molar-refractivity contribution < 1.29 is 67.5 Å². The Morgan fingerprint density at radius 2 is 1.15 bits per heavy atom. The molecule has 11 rings (SSSR count). The number of aromatic nitrogens is 2. The third-order valence-electron chi connectivity index (χ3n) is 13.9. The molecule has 2 aromatic carbocycles. The van der Waals surface area contributed by atoms with Crippen LogP contribution in [-0.4, -0.2) is 155 Å². The second-order valence-electron chi connectivity index (χ2n) is 17.8. The highest BCUT2D eigenvalue weighted by atomic mass is 32.3. The summed E-state index contributed by atoms with van der Waals surface area (Å²) in [6.07, 6.45) is 6.08. The van der Waals surface area contributed by atoms with E-state index in [4.69, 9.17) is 47.4 Å². The fraction of sp³-hybridized carbons (Fsp3) is 0.511. The largest absolute Gasteiger partial charge is 0.497 e. The van der Waals surface area contributed by atoms with Crippen LogP contribution < -0.4 is 9.47 Å². The van der Waals surface area contributed by atoms with Gasteiger partial charge in [-0.25, -0.2) is 4.79 Å². The lowest BCUT2D eigenvalue weighted by atomic mass is 9.73. The number of aliphatic hydroxyl groups is 6. The summed E-state index contributed by atoms with van der Waals surface area (Å²) >= 11 is 0. The van der Waals surface area contributed by atoms with E-state index in [9.17, 15) is 20.1 Å². The highest BCUT2D eigenvalue weighted by Crippen LogP contribution is 2.44. The molecular formula is C47H62N4O14S. The number of fused-ring (bicyclic) bond motifs is 8. The Balaban J connectivity index is 0.000000162. The van der Waals surface area contributed by atoms with E-state index in [1.54, 1.807) is 26.6 Å². The van der Waals surface area contributed by atoms with Gasteiger partial charge in [0.2, 0.25) is 0 Å². The van der Waals surface area contributed by atoms with Crippen molar-refractivity contribution in [1.82, 2.24) is 19.8 Å². The first-order chi connectivity index (χ1) is 31.3. The van der Waals surface area contributed by atoms with Gasteiger partial charge in [-0.3, -0.25) is 28.9 Å². The van der Waals surface area contributed by atoms with Crippen molar-refractivity contribution in [3.05, 3.63) is 97.4 Å². The first kappa shape index (κ1) is 50.8. The van der Waals surface area contributed by atoms with E-state index in [0.717, 1.165) is 83.5 Å². The summed E-state index contributed by atoms with van der Waals surface area (Å²) in [5.74, 6) is 2.51. The van der Waals surface area contributed by atoms with Gasteiger partial charge in [-0.05, 0) is 122 Å². The topological polar surface area (TPSA) is 284 Å². The zero-order valence-electron chi connectivity index (χ0n) is 37.0. The summed E-state index contributed by atoms with van der Waals surface area (Å²) in [5.41, 5.74) is 1.55. The number of carboxylic acids is 1. The van der Waals surface area contributed by atoms with E-state index in [2.05, 4.69) is 45.1 Å². The van der Waals surface area contributed by atoms with Crippen LogP contribution in [0.4, 0.5) is 0 Å². The second-order valence-corrected chi connectivity index (χ2v) is 18.7. The minimum atomic E-state index is -4.67. The van der Waals surface area contributed by atoms with Gasteiger partial charge in [0.05, 0.1) is 49.7 Å². The van der Waals surface area contributed by atoms with Crippen molar-refractivity contribution in [2.24, 2.45) is 23.7 Å². The van der Waals surface area contributed by atoms with Crippen LogP contribution in [0.3, 0.4) is 0 Å². The number of aliphatic hydroxyl groups excluding tert-OH is 5. The van der Waals surface area contributed by atoms with E-state index in [0.29, 0.717) is 23.7 Å². The molecule has 9 N–H and O–H groups in total. The van der Waals surface area contributed by atoms with Gasteiger partial charge >= 0.3 is 16.4 Å². The number of rotatable bonds is 9. The van der Waals surface area contributed by atoms with Gasteiger partial charge < -0.3 is 45.2 Å². The number of nitrogens with zero attached hydrogens (tertiary/aromatic N) is 4. The van der Waals surface area contributed by atoms with E-state index >= 15 is 0 Å². The molecule has 2 aromatic heterocycles. The van der Waals surface area contributed by atoms with Gasteiger partial charge in [-0.2, -0.15) is 8.42 Å². The number of ether oxygens (including phenoxy) is 2. The van der Waals surface area contributed by atoms with Gasteiger partial charge in [-0.15, -0.1) is 13.2 Å². The van der Waals surface area contributed by atoms with E-state index in [-0.39, 0.29) is 12.1 Å². The van der Waals surface area contributed by atoms with Gasteiger partial charge in [0.1, 0.15) is 17.6 Å². The summed E-state index contributed by atoms with van der Waals surface area (Å²) < 4.78 is 42.3. The van der Waals surface area contributed by atoms with Crippen molar-refractivity contribution in [3.63, 3.8) is 0 Å². The first-order valence-electron chi connectivity index (χ1n) is 21.9. The highest BCUT2D eigenvalue weighted by Gasteiger charge is 2.48. The number of hydrogen-bond acceptors (Lipinski definition) is 15. The Morgan fingerprint density at radius 1 is 0.758 bits per heavy atom. The predicted octanol–water partition coefficient (Wildman–Crippen LogP) is 3.37. The molecule has 6 saturated heterocycles. The summed E-state index contributed by atoms with van der Waals surface area (Å²) in [7, 11) is -1.34. The lowest BCUT2D eigenvalue weighted by molar-refractivity contribution is -0.187. The molecule has 18 nitrogen and oxygen atoms in total. The number of pyridine rings is 2. The average molecular weight is 939 g/mol. The van der Waals surface area contributed by atoms with Gasteiger partial charge in [0, 0.05) is 61.2 Å². The van der Waals surface area contributed by atoms with Gasteiger partial charge in [0.25, 0.3) is 0 Å². The van der Waals surface area contributed by atoms with Crippen molar-refractivity contribution in [2.45, 2.75) is 86.7 Å². The molecule has 19 heteroatoms. The zero-order chi connectivity index (χ0) is 48.1. The van der Waals surface area contributed by atoms with Crippen LogP contribution in [0.5, 0.6) is 11.5 Å². The Kier molecular flexibility index (Phi) is 16.6. The molecule has 8 heterocycles. The highest BCUT2D eigenvalue weighted by molar-refractivity contribution is 7.79. The summed E-state index contributed by atoms with van der Waals surface area (Å²) in [5, 5.41) is 69.5.